The second-order valence-electron chi connectivity index (χ2n) is 5.79. The Morgan fingerprint density at radius 3 is 2.60 bits per heavy atom. The first-order valence-corrected chi connectivity index (χ1v) is 7.83. The van der Waals surface area contributed by atoms with E-state index in [1.54, 1.807) is 0 Å². The number of hydrogen-bond acceptors (Lipinski definition) is 3. The number of ether oxygens (including phenoxy) is 1. The fourth-order valence-corrected chi connectivity index (χ4v) is 2.71. The summed E-state index contributed by atoms with van der Waals surface area (Å²) in [6.45, 7) is 3.13. The fraction of sp³-hybridized carbons (Fsp3) is 0.647. The highest BCUT2D eigenvalue weighted by atomic mass is 16.5. The molecule has 2 rings (SSSR count). The Balaban J connectivity index is 1.63. The number of hydrogen-bond donors (Lipinski definition) is 2. The van der Waals surface area contributed by atoms with Crippen LogP contribution in [0.15, 0.2) is 30.3 Å². The molecule has 0 aliphatic heterocycles. The minimum atomic E-state index is -0.428. The van der Waals surface area contributed by atoms with Crippen molar-refractivity contribution >= 4 is 0 Å². The van der Waals surface area contributed by atoms with E-state index in [4.69, 9.17) is 4.74 Å². The molecule has 112 valence electrons. The van der Waals surface area contributed by atoms with Crippen LogP contribution in [-0.2, 0) is 4.74 Å². The van der Waals surface area contributed by atoms with Crippen molar-refractivity contribution in [2.24, 2.45) is 0 Å². The lowest BCUT2D eigenvalue weighted by atomic mass is 9.98. The Hall–Kier alpha value is -0.900. The zero-order chi connectivity index (χ0) is 14.2. The number of nitrogens with one attached hydrogen (secondary N) is 1. The number of benzene rings is 1. The molecule has 1 unspecified atom stereocenters. The normalized spacial score (nSPS) is 19.7. The Bertz CT molecular complexity index is 363. The summed E-state index contributed by atoms with van der Waals surface area (Å²) in [5, 5.41) is 13.3. The highest BCUT2D eigenvalue weighted by Gasteiger charge is 2.16. The molecule has 1 saturated carbocycles. The summed E-state index contributed by atoms with van der Waals surface area (Å²) in [7, 11) is 0. The lowest BCUT2D eigenvalue weighted by molar-refractivity contribution is -0.0235. The molecule has 3 heteroatoms. The van der Waals surface area contributed by atoms with E-state index in [0.717, 1.165) is 12.8 Å². The van der Waals surface area contributed by atoms with Gasteiger partial charge in [-0.05, 0) is 25.3 Å². The van der Waals surface area contributed by atoms with Crippen LogP contribution in [0.1, 0.15) is 50.6 Å². The van der Waals surface area contributed by atoms with Crippen molar-refractivity contribution in [3.8, 4) is 0 Å². The van der Waals surface area contributed by atoms with E-state index in [1.807, 2.05) is 18.2 Å². The summed E-state index contributed by atoms with van der Waals surface area (Å²) in [4.78, 5) is 0. The van der Waals surface area contributed by atoms with Gasteiger partial charge in [-0.25, -0.2) is 0 Å². The predicted molar refractivity (Wildman–Crippen MR) is 81.7 cm³/mol. The smallest absolute Gasteiger partial charge is 0.0898 e. The van der Waals surface area contributed by atoms with Gasteiger partial charge >= 0.3 is 0 Å². The zero-order valence-electron chi connectivity index (χ0n) is 12.4. The summed E-state index contributed by atoms with van der Waals surface area (Å²) >= 11 is 0. The summed E-state index contributed by atoms with van der Waals surface area (Å²) in [6.07, 6.45) is 6.11. The molecule has 1 aliphatic carbocycles. The maximum absolute atomic E-state index is 9.99. The quantitative estimate of drug-likeness (QED) is 0.805. The van der Waals surface area contributed by atoms with Crippen LogP contribution in [0.2, 0.25) is 0 Å². The molecule has 1 aromatic carbocycles. The third-order valence-corrected chi connectivity index (χ3v) is 4.04. The minimum Gasteiger partial charge on any atom is -0.389 e. The van der Waals surface area contributed by atoms with Gasteiger partial charge in [-0.15, -0.1) is 0 Å². The van der Waals surface area contributed by atoms with Gasteiger partial charge in [0, 0.05) is 12.6 Å². The third kappa shape index (κ3) is 5.23. The zero-order valence-corrected chi connectivity index (χ0v) is 12.4. The topological polar surface area (TPSA) is 41.5 Å². The molecule has 3 nitrogen and oxygen atoms in total. The molecule has 0 amide bonds. The first-order valence-electron chi connectivity index (χ1n) is 7.83. The third-order valence-electron chi connectivity index (χ3n) is 4.04. The van der Waals surface area contributed by atoms with Crippen LogP contribution < -0.4 is 5.32 Å². The molecule has 0 radical (unpaired) electrons. The van der Waals surface area contributed by atoms with Gasteiger partial charge in [-0.2, -0.15) is 0 Å². The van der Waals surface area contributed by atoms with E-state index in [-0.39, 0.29) is 6.04 Å². The van der Waals surface area contributed by atoms with E-state index in [1.165, 1.54) is 24.8 Å². The molecule has 0 saturated heterocycles. The number of rotatable bonds is 7. The lowest BCUT2D eigenvalue weighted by Crippen LogP contribution is -2.33. The Labute approximate surface area is 122 Å². The number of aliphatic hydroxyl groups is 1. The van der Waals surface area contributed by atoms with Gasteiger partial charge in [0.2, 0.25) is 0 Å². The number of aliphatic hydroxyl groups excluding tert-OH is 1. The molecule has 0 spiro atoms. The minimum absolute atomic E-state index is 0.250. The van der Waals surface area contributed by atoms with Gasteiger partial charge in [0.25, 0.3) is 0 Å². The van der Waals surface area contributed by atoms with Crippen LogP contribution in [-0.4, -0.2) is 30.5 Å². The van der Waals surface area contributed by atoms with Gasteiger partial charge in [0.05, 0.1) is 18.8 Å². The molecule has 0 bridgehead atoms. The first kappa shape index (κ1) is 15.5. The van der Waals surface area contributed by atoms with Crippen LogP contribution >= 0.6 is 0 Å². The van der Waals surface area contributed by atoms with Crippen molar-refractivity contribution < 1.29 is 9.84 Å². The Morgan fingerprint density at radius 1 is 1.20 bits per heavy atom. The highest BCUT2D eigenvalue weighted by molar-refractivity contribution is 5.17. The average molecular weight is 277 g/mol. The molecular weight excluding hydrogens is 250 g/mol. The maximum Gasteiger partial charge on any atom is 0.0898 e. The summed E-state index contributed by atoms with van der Waals surface area (Å²) in [5.74, 6) is 0. The van der Waals surface area contributed by atoms with Gasteiger partial charge in [0.1, 0.15) is 0 Å². The fourth-order valence-electron chi connectivity index (χ4n) is 2.71. The lowest BCUT2D eigenvalue weighted by Gasteiger charge is -2.24. The van der Waals surface area contributed by atoms with E-state index < -0.39 is 6.10 Å². The van der Waals surface area contributed by atoms with Crippen molar-refractivity contribution in [1.82, 2.24) is 5.32 Å². The van der Waals surface area contributed by atoms with Gasteiger partial charge in [-0.1, -0.05) is 49.6 Å². The molecule has 0 heterocycles. The Kier molecular flexibility index (Phi) is 6.51. The summed E-state index contributed by atoms with van der Waals surface area (Å²) in [6, 6.07) is 10.5. The Morgan fingerprint density at radius 2 is 1.90 bits per heavy atom. The molecule has 0 aromatic heterocycles. The van der Waals surface area contributed by atoms with Crippen LogP contribution in [0.4, 0.5) is 0 Å². The maximum atomic E-state index is 9.99. The molecule has 2 atom stereocenters. The van der Waals surface area contributed by atoms with Crippen molar-refractivity contribution in [1.29, 1.82) is 0 Å². The SMILES string of the molecule is C[C@H](NCC(O)COC1CCCCC1)c1ccccc1. The van der Waals surface area contributed by atoms with Crippen LogP contribution in [0, 0.1) is 0 Å². The average Bonchev–Trinajstić information content (AvgIpc) is 2.52. The van der Waals surface area contributed by atoms with Crippen molar-refractivity contribution in [3.63, 3.8) is 0 Å². The molecule has 1 aromatic rings. The van der Waals surface area contributed by atoms with Gasteiger partial charge in [-0.3, -0.25) is 0 Å². The van der Waals surface area contributed by atoms with E-state index >= 15 is 0 Å². The van der Waals surface area contributed by atoms with E-state index in [9.17, 15) is 5.11 Å². The summed E-state index contributed by atoms with van der Waals surface area (Å²) < 4.78 is 5.79. The molecule has 20 heavy (non-hydrogen) atoms. The first-order chi connectivity index (χ1) is 9.75. The van der Waals surface area contributed by atoms with Crippen molar-refractivity contribution in [2.45, 2.75) is 57.3 Å². The van der Waals surface area contributed by atoms with Gasteiger partial charge < -0.3 is 15.2 Å². The van der Waals surface area contributed by atoms with Gasteiger partial charge in [0.15, 0.2) is 0 Å². The van der Waals surface area contributed by atoms with Crippen LogP contribution in [0.25, 0.3) is 0 Å². The van der Waals surface area contributed by atoms with E-state index in [0.29, 0.717) is 19.3 Å². The second kappa shape index (κ2) is 8.40. The molecular formula is C17H27NO2. The summed E-state index contributed by atoms with van der Waals surface area (Å²) in [5.41, 5.74) is 1.24. The van der Waals surface area contributed by atoms with E-state index in [2.05, 4.69) is 24.4 Å². The monoisotopic (exact) mass is 277 g/mol. The highest BCUT2D eigenvalue weighted by Crippen LogP contribution is 2.20. The van der Waals surface area contributed by atoms with Crippen LogP contribution in [0.3, 0.4) is 0 Å². The second-order valence-corrected chi connectivity index (χ2v) is 5.79. The van der Waals surface area contributed by atoms with Crippen LogP contribution in [0.5, 0.6) is 0 Å². The molecule has 2 N–H and O–H groups in total. The largest absolute Gasteiger partial charge is 0.389 e. The predicted octanol–water partition coefficient (Wildman–Crippen LogP) is 3.05. The van der Waals surface area contributed by atoms with Crippen molar-refractivity contribution in [2.75, 3.05) is 13.2 Å². The molecule has 1 aliphatic rings. The standard InChI is InChI=1S/C17H27NO2/c1-14(15-8-4-2-5-9-15)18-12-16(19)13-20-17-10-6-3-7-11-17/h2,4-5,8-9,14,16-19H,3,6-7,10-13H2,1H3/t14-,16?/m0/s1. The molecule has 1 fully saturated rings. The van der Waals surface area contributed by atoms with Crippen molar-refractivity contribution in [3.05, 3.63) is 35.9 Å².